The lowest BCUT2D eigenvalue weighted by Gasteiger charge is -2.27. The second-order valence-electron chi connectivity index (χ2n) is 9.29. The first-order valence-corrected chi connectivity index (χ1v) is 12.7. The van der Waals surface area contributed by atoms with Gasteiger partial charge in [-0.05, 0) is 66.5 Å². The molecule has 36 heavy (non-hydrogen) atoms. The van der Waals surface area contributed by atoms with Crippen LogP contribution in [0.3, 0.4) is 0 Å². The summed E-state index contributed by atoms with van der Waals surface area (Å²) >= 11 is 0. The topological polar surface area (TPSA) is 6.48 Å². The van der Waals surface area contributed by atoms with Crippen molar-refractivity contribution in [2.75, 3.05) is 22.9 Å². The Morgan fingerprint density at radius 2 is 1.67 bits per heavy atom. The monoisotopic (exact) mass is 472 g/mol. The van der Waals surface area contributed by atoms with Gasteiger partial charge in [-0.1, -0.05) is 99.3 Å². The number of hydrogen-bond acceptors (Lipinski definition) is 2. The van der Waals surface area contributed by atoms with Crippen molar-refractivity contribution >= 4 is 22.6 Å². The summed E-state index contributed by atoms with van der Waals surface area (Å²) in [5.74, 6) is 0.457. The van der Waals surface area contributed by atoms with E-state index in [1.54, 1.807) is 0 Å². The first kappa shape index (κ1) is 25.1. The van der Waals surface area contributed by atoms with Crippen LogP contribution in [-0.2, 0) is 0 Å². The molecule has 1 heterocycles. The van der Waals surface area contributed by atoms with Gasteiger partial charge in [-0.15, -0.1) is 0 Å². The molecular formula is C34H36N2. The van der Waals surface area contributed by atoms with Gasteiger partial charge in [-0.3, -0.25) is 0 Å². The maximum atomic E-state index is 4.52. The van der Waals surface area contributed by atoms with Crippen molar-refractivity contribution in [1.29, 1.82) is 0 Å². The number of para-hydroxylation sites is 2. The molecule has 0 spiro atoms. The summed E-state index contributed by atoms with van der Waals surface area (Å²) in [6.45, 7) is 12.7. The molecule has 0 radical (unpaired) electrons. The van der Waals surface area contributed by atoms with Crippen LogP contribution in [0.4, 0.5) is 17.1 Å². The molecule has 0 saturated heterocycles. The number of anilines is 3. The molecule has 1 aliphatic heterocycles. The van der Waals surface area contributed by atoms with Crippen LogP contribution in [0.15, 0.2) is 134 Å². The van der Waals surface area contributed by atoms with E-state index in [2.05, 4.69) is 146 Å². The normalized spacial score (nSPS) is 16.4. The number of allylic oxidation sites excluding steroid dienone is 6. The van der Waals surface area contributed by atoms with Crippen molar-refractivity contribution in [3.63, 3.8) is 0 Å². The molecular weight excluding hydrogens is 436 g/mol. The minimum Gasteiger partial charge on any atom is -0.364 e. The number of nitrogens with zero attached hydrogens (tertiary/aromatic N) is 2. The lowest BCUT2D eigenvalue weighted by molar-refractivity contribution is 0.866. The van der Waals surface area contributed by atoms with E-state index < -0.39 is 0 Å². The second-order valence-corrected chi connectivity index (χ2v) is 9.29. The fourth-order valence-electron chi connectivity index (χ4n) is 4.46. The molecule has 1 aliphatic rings. The molecule has 0 bridgehead atoms. The average Bonchev–Trinajstić information content (AvgIpc) is 2.96. The Balaban J connectivity index is 1.81. The van der Waals surface area contributed by atoms with Gasteiger partial charge in [0.2, 0.25) is 0 Å². The average molecular weight is 473 g/mol. The van der Waals surface area contributed by atoms with Gasteiger partial charge in [-0.2, -0.15) is 0 Å². The zero-order valence-electron chi connectivity index (χ0n) is 21.6. The third-order valence-corrected chi connectivity index (χ3v) is 6.36. The fraction of sp³-hybridized carbons (Fsp3) is 0.176. The Labute approximate surface area is 216 Å². The third kappa shape index (κ3) is 5.95. The molecule has 2 heteroatoms. The highest BCUT2D eigenvalue weighted by Crippen LogP contribution is 2.35. The van der Waals surface area contributed by atoms with Crippen molar-refractivity contribution < 1.29 is 0 Å². The van der Waals surface area contributed by atoms with Crippen molar-refractivity contribution in [2.45, 2.75) is 26.7 Å². The van der Waals surface area contributed by atoms with Crippen molar-refractivity contribution in [3.05, 3.63) is 145 Å². The van der Waals surface area contributed by atoms with E-state index in [1.165, 1.54) is 11.3 Å². The Bertz CT molecular complexity index is 1290. The molecule has 3 aromatic carbocycles. The number of rotatable bonds is 7. The van der Waals surface area contributed by atoms with Gasteiger partial charge >= 0.3 is 0 Å². The SMILES string of the molecule is C=C1/C=C(N(c2ccccc2)c2cccc(C(C)C)c2)\C=C/CN(C/C=C\C=C/C)c2ccccc21. The maximum Gasteiger partial charge on any atom is 0.0465 e. The molecule has 0 N–H and O–H groups in total. The van der Waals surface area contributed by atoms with Crippen LogP contribution >= 0.6 is 0 Å². The van der Waals surface area contributed by atoms with Crippen LogP contribution in [0.5, 0.6) is 0 Å². The zero-order chi connectivity index (χ0) is 25.3. The van der Waals surface area contributed by atoms with Gasteiger partial charge in [0.15, 0.2) is 0 Å². The largest absolute Gasteiger partial charge is 0.364 e. The summed E-state index contributed by atoms with van der Waals surface area (Å²) in [5, 5.41) is 0. The first-order chi connectivity index (χ1) is 17.6. The van der Waals surface area contributed by atoms with Gasteiger partial charge in [0.1, 0.15) is 0 Å². The smallest absolute Gasteiger partial charge is 0.0465 e. The maximum absolute atomic E-state index is 4.52. The van der Waals surface area contributed by atoms with Gasteiger partial charge in [-0.25, -0.2) is 0 Å². The molecule has 0 aliphatic carbocycles. The molecule has 4 rings (SSSR count). The summed E-state index contributed by atoms with van der Waals surface area (Å²) in [5.41, 5.74) is 8.04. The standard InChI is InChI=1S/C34H36N2/c1-5-6-7-13-23-35-24-15-20-31(25-28(4)33-21-11-12-22-34(33)35)36(30-17-9-8-10-18-30)32-19-14-16-29(26-32)27(2)3/h5-22,25-27H,4,23-24H2,1-3H3/b6-5-,13-7-,20-15-,31-25+. The highest BCUT2D eigenvalue weighted by atomic mass is 15.2. The predicted octanol–water partition coefficient (Wildman–Crippen LogP) is 9.05. The van der Waals surface area contributed by atoms with E-state index in [0.29, 0.717) is 5.92 Å². The molecule has 3 aromatic rings. The Morgan fingerprint density at radius 1 is 0.917 bits per heavy atom. The Morgan fingerprint density at radius 3 is 2.44 bits per heavy atom. The van der Waals surface area contributed by atoms with E-state index in [0.717, 1.165) is 41.3 Å². The van der Waals surface area contributed by atoms with Crippen LogP contribution in [0.1, 0.15) is 37.8 Å². The molecule has 0 aromatic heterocycles. The fourth-order valence-corrected chi connectivity index (χ4v) is 4.46. The quantitative estimate of drug-likeness (QED) is 0.316. The minimum absolute atomic E-state index is 0.457. The van der Waals surface area contributed by atoms with Crippen molar-refractivity contribution in [2.24, 2.45) is 0 Å². The summed E-state index contributed by atoms with van der Waals surface area (Å²) in [6, 6.07) is 28.0. The van der Waals surface area contributed by atoms with Gasteiger partial charge in [0, 0.05) is 41.4 Å². The Hall–Kier alpha value is -4.04. The lowest BCUT2D eigenvalue weighted by atomic mass is 10.0. The summed E-state index contributed by atoms with van der Waals surface area (Å²) < 4.78 is 0. The highest BCUT2D eigenvalue weighted by molar-refractivity contribution is 5.84. The number of benzene rings is 3. The molecule has 0 fully saturated rings. The van der Waals surface area contributed by atoms with Crippen LogP contribution in [0.2, 0.25) is 0 Å². The van der Waals surface area contributed by atoms with E-state index in [1.807, 2.05) is 13.0 Å². The predicted molar refractivity (Wildman–Crippen MR) is 158 cm³/mol. The number of fused-ring (bicyclic) bond motifs is 1. The van der Waals surface area contributed by atoms with Crippen LogP contribution in [-0.4, -0.2) is 13.1 Å². The molecule has 0 saturated carbocycles. The molecule has 0 amide bonds. The van der Waals surface area contributed by atoms with Crippen molar-refractivity contribution in [3.8, 4) is 0 Å². The lowest BCUT2D eigenvalue weighted by Crippen LogP contribution is -2.24. The van der Waals surface area contributed by atoms with Gasteiger partial charge < -0.3 is 9.80 Å². The highest BCUT2D eigenvalue weighted by Gasteiger charge is 2.18. The summed E-state index contributed by atoms with van der Waals surface area (Å²) in [6.07, 6.45) is 15.1. The van der Waals surface area contributed by atoms with Crippen LogP contribution in [0, 0.1) is 0 Å². The van der Waals surface area contributed by atoms with E-state index in [4.69, 9.17) is 0 Å². The van der Waals surface area contributed by atoms with Crippen molar-refractivity contribution in [1.82, 2.24) is 0 Å². The molecule has 0 atom stereocenters. The zero-order valence-corrected chi connectivity index (χ0v) is 21.6. The second kappa shape index (κ2) is 12.1. The molecule has 0 unspecified atom stereocenters. The molecule has 182 valence electrons. The van der Waals surface area contributed by atoms with E-state index in [-0.39, 0.29) is 0 Å². The van der Waals surface area contributed by atoms with Gasteiger partial charge in [0.05, 0.1) is 0 Å². The van der Waals surface area contributed by atoms with Crippen LogP contribution < -0.4 is 9.80 Å². The number of hydrogen-bond donors (Lipinski definition) is 0. The summed E-state index contributed by atoms with van der Waals surface area (Å²) in [7, 11) is 0. The first-order valence-electron chi connectivity index (χ1n) is 12.7. The summed E-state index contributed by atoms with van der Waals surface area (Å²) in [4.78, 5) is 4.72. The van der Waals surface area contributed by atoms with Crippen LogP contribution in [0.25, 0.3) is 5.57 Å². The Kier molecular flexibility index (Phi) is 8.41. The van der Waals surface area contributed by atoms with Gasteiger partial charge in [0.25, 0.3) is 0 Å². The third-order valence-electron chi connectivity index (χ3n) is 6.36. The molecule has 2 nitrogen and oxygen atoms in total. The minimum atomic E-state index is 0.457. The van der Waals surface area contributed by atoms with E-state index in [9.17, 15) is 0 Å². The van der Waals surface area contributed by atoms with E-state index >= 15 is 0 Å².